The molecule has 2 atom stereocenters. The van der Waals surface area contributed by atoms with E-state index in [0.717, 1.165) is 16.7 Å². The highest BCUT2D eigenvalue weighted by atomic mass is 16.2. The third-order valence-electron chi connectivity index (χ3n) is 5.65. The van der Waals surface area contributed by atoms with Gasteiger partial charge >= 0.3 is 0 Å². The molecule has 0 saturated carbocycles. The van der Waals surface area contributed by atoms with Crippen LogP contribution in [0.3, 0.4) is 0 Å². The molecule has 2 N–H and O–H groups in total. The summed E-state index contributed by atoms with van der Waals surface area (Å²) in [5.74, 6) is 0.560. The lowest BCUT2D eigenvalue weighted by Crippen LogP contribution is -2.35. The minimum atomic E-state index is -0.550. The summed E-state index contributed by atoms with van der Waals surface area (Å²) in [6.45, 7) is 4.87. The zero-order valence-electron chi connectivity index (χ0n) is 19.4. The second-order valence-electron chi connectivity index (χ2n) is 8.42. The molecule has 0 aliphatic rings. The lowest BCUT2D eigenvalue weighted by Gasteiger charge is -2.20. The molecule has 0 aliphatic carbocycles. The molecule has 1 unspecified atom stereocenters. The molecule has 33 heavy (non-hydrogen) atoms. The molecular formula is C25H29N7O. The van der Waals surface area contributed by atoms with E-state index in [2.05, 4.69) is 63.9 Å². The molecule has 8 nitrogen and oxygen atoms in total. The van der Waals surface area contributed by atoms with E-state index in [-0.39, 0.29) is 11.8 Å². The van der Waals surface area contributed by atoms with Gasteiger partial charge in [0.25, 0.3) is 0 Å². The standard InChI is InChI=1S/C25H29N7O/c1-17-5-7-19(8-6-17)18(2)11-27-24(22-14-29-32(4)16-22)25(33)30-23-10-9-20(12-26-23)21-13-28-31(3)15-21/h5-10,12-16,18,24,27H,11H2,1-4H3,(H,26,30,33)/t18?,24-/m0/s1. The summed E-state index contributed by atoms with van der Waals surface area (Å²) in [7, 11) is 3.71. The van der Waals surface area contributed by atoms with E-state index in [1.54, 1.807) is 34.0 Å². The summed E-state index contributed by atoms with van der Waals surface area (Å²) in [4.78, 5) is 17.6. The maximum absolute atomic E-state index is 13.2. The van der Waals surface area contributed by atoms with Crippen molar-refractivity contribution < 1.29 is 4.79 Å². The van der Waals surface area contributed by atoms with Crippen LogP contribution < -0.4 is 10.6 Å². The predicted molar refractivity (Wildman–Crippen MR) is 129 cm³/mol. The number of pyridine rings is 1. The summed E-state index contributed by atoms with van der Waals surface area (Å²) in [6, 6.07) is 11.7. The fourth-order valence-electron chi connectivity index (χ4n) is 3.67. The number of hydrogen-bond donors (Lipinski definition) is 2. The van der Waals surface area contributed by atoms with Gasteiger partial charge in [0.1, 0.15) is 11.9 Å². The molecule has 4 rings (SSSR count). The molecule has 0 spiro atoms. The van der Waals surface area contributed by atoms with Crippen LogP contribution in [0.2, 0.25) is 0 Å². The second-order valence-corrected chi connectivity index (χ2v) is 8.42. The zero-order chi connectivity index (χ0) is 23.4. The van der Waals surface area contributed by atoms with Gasteiger partial charge in [-0.05, 0) is 30.5 Å². The normalized spacial score (nSPS) is 13.0. The van der Waals surface area contributed by atoms with Crippen molar-refractivity contribution in [3.05, 3.63) is 84.1 Å². The first-order valence-corrected chi connectivity index (χ1v) is 10.9. The van der Waals surface area contributed by atoms with E-state index in [0.29, 0.717) is 12.4 Å². The Morgan fingerprint density at radius 1 is 0.909 bits per heavy atom. The van der Waals surface area contributed by atoms with Crippen LogP contribution in [-0.2, 0) is 18.9 Å². The second kappa shape index (κ2) is 9.79. The molecule has 0 bridgehead atoms. The van der Waals surface area contributed by atoms with Gasteiger partial charge in [-0.25, -0.2) is 4.98 Å². The lowest BCUT2D eigenvalue weighted by molar-refractivity contribution is -0.118. The number of benzene rings is 1. The Morgan fingerprint density at radius 2 is 1.64 bits per heavy atom. The molecular weight excluding hydrogens is 414 g/mol. The van der Waals surface area contributed by atoms with Crippen LogP contribution in [-0.4, -0.2) is 37.0 Å². The monoisotopic (exact) mass is 443 g/mol. The topological polar surface area (TPSA) is 89.7 Å². The van der Waals surface area contributed by atoms with Crippen LogP contribution in [0.15, 0.2) is 67.4 Å². The maximum atomic E-state index is 13.2. The van der Waals surface area contributed by atoms with Gasteiger partial charge < -0.3 is 10.6 Å². The summed E-state index contributed by atoms with van der Waals surface area (Å²) in [5.41, 5.74) is 5.18. The number of carbonyl (C=O) groups excluding carboxylic acids is 1. The minimum Gasteiger partial charge on any atom is -0.309 e. The molecule has 3 heterocycles. The number of carbonyl (C=O) groups is 1. The third-order valence-corrected chi connectivity index (χ3v) is 5.65. The van der Waals surface area contributed by atoms with Crippen LogP contribution in [0, 0.1) is 6.92 Å². The van der Waals surface area contributed by atoms with Crippen LogP contribution in [0.4, 0.5) is 5.82 Å². The lowest BCUT2D eigenvalue weighted by atomic mass is 9.99. The smallest absolute Gasteiger partial charge is 0.247 e. The average molecular weight is 444 g/mol. The Hall–Kier alpha value is -3.78. The number of amides is 1. The summed E-state index contributed by atoms with van der Waals surface area (Å²) in [6.07, 6.45) is 9.01. The van der Waals surface area contributed by atoms with Crippen molar-refractivity contribution in [3.8, 4) is 11.1 Å². The maximum Gasteiger partial charge on any atom is 0.247 e. The number of rotatable bonds is 8. The van der Waals surface area contributed by atoms with E-state index in [9.17, 15) is 4.79 Å². The van der Waals surface area contributed by atoms with Gasteiger partial charge in [0.05, 0.1) is 12.4 Å². The molecule has 0 radical (unpaired) electrons. The van der Waals surface area contributed by atoms with Crippen molar-refractivity contribution in [2.75, 3.05) is 11.9 Å². The van der Waals surface area contributed by atoms with Crippen molar-refractivity contribution in [1.29, 1.82) is 0 Å². The Bertz CT molecular complexity index is 1210. The van der Waals surface area contributed by atoms with Crippen molar-refractivity contribution >= 4 is 11.7 Å². The van der Waals surface area contributed by atoms with Crippen LogP contribution >= 0.6 is 0 Å². The van der Waals surface area contributed by atoms with Crippen molar-refractivity contribution in [2.24, 2.45) is 14.1 Å². The van der Waals surface area contributed by atoms with Crippen LogP contribution in [0.25, 0.3) is 11.1 Å². The number of nitrogens with one attached hydrogen (secondary N) is 2. The Kier molecular flexibility index (Phi) is 6.65. The zero-order valence-corrected chi connectivity index (χ0v) is 19.4. The van der Waals surface area contributed by atoms with Crippen LogP contribution in [0.5, 0.6) is 0 Å². The predicted octanol–water partition coefficient (Wildman–Crippen LogP) is 3.60. The average Bonchev–Trinajstić information content (AvgIpc) is 3.43. The number of nitrogens with zero attached hydrogens (tertiary/aromatic N) is 5. The minimum absolute atomic E-state index is 0.180. The van der Waals surface area contributed by atoms with Gasteiger partial charge in [-0.15, -0.1) is 0 Å². The molecule has 1 amide bonds. The first-order chi connectivity index (χ1) is 15.9. The molecule has 0 fully saturated rings. The SMILES string of the molecule is Cc1ccc(C(C)CN[C@H](C(=O)Nc2ccc(-c3cnn(C)c3)cn2)c2cnn(C)c2)cc1. The fraction of sp³-hybridized carbons (Fsp3) is 0.280. The van der Waals surface area contributed by atoms with Gasteiger partial charge in [-0.2, -0.15) is 10.2 Å². The largest absolute Gasteiger partial charge is 0.309 e. The molecule has 1 aromatic carbocycles. The number of anilines is 1. The van der Waals surface area contributed by atoms with Gasteiger partial charge in [-0.1, -0.05) is 36.8 Å². The molecule has 170 valence electrons. The van der Waals surface area contributed by atoms with Crippen molar-refractivity contribution in [2.45, 2.75) is 25.8 Å². The third kappa shape index (κ3) is 5.53. The van der Waals surface area contributed by atoms with E-state index >= 15 is 0 Å². The quantitative estimate of drug-likeness (QED) is 0.434. The summed E-state index contributed by atoms with van der Waals surface area (Å²) >= 11 is 0. The number of aryl methyl sites for hydroxylation is 3. The van der Waals surface area contributed by atoms with Crippen LogP contribution in [0.1, 0.15) is 35.6 Å². The van der Waals surface area contributed by atoms with E-state index in [1.165, 1.54) is 11.1 Å². The first kappa shape index (κ1) is 22.4. The summed E-state index contributed by atoms with van der Waals surface area (Å²) < 4.78 is 3.44. The van der Waals surface area contributed by atoms with Gasteiger partial charge in [-0.3, -0.25) is 14.2 Å². The van der Waals surface area contributed by atoms with Gasteiger partial charge in [0, 0.05) is 55.9 Å². The van der Waals surface area contributed by atoms with Crippen molar-refractivity contribution in [3.63, 3.8) is 0 Å². The van der Waals surface area contributed by atoms with E-state index < -0.39 is 6.04 Å². The summed E-state index contributed by atoms with van der Waals surface area (Å²) in [5, 5.41) is 14.8. The Morgan fingerprint density at radius 3 is 2.24 bits per heavy atom. The first-order valence-electron chi connectivity index (χ1n) is 10.9. The number of hydrogen-bond acceptors (Lipinski definition) is 5. The Labute approximate surface area is 193 Å². The molecule has 8 heteroatoms. The molecule has 4 aromatic rings. The molecule has 3 aromatic heterocycles. The highest BCUT2D eigenvalue weighted by molar-refractivity contribution is 5.94. The van der Waals surface area contributed by atoms with E-state index in [4.69, 9.17) is 0 Å². The van der Waals surface area contributed by atoms with E-state index in [1.807, 2.05) is 32.6 Å². The highest BCUT2D eigenvalue weighted by Gasteiger charge is 2.23. The van der Waals surface area contributed by atoms with Gasteiger partial charge in [0.15, 0.2) is 0 Å². The highest BCUT2D eigenvalue weighted by Crippen LogP contribution is 2.21. The van der Waals surface area contributed by atoms with Crippen molar-refractivity contribution in [1.82, 2.24) is 29.9 Å². The number of aromatic nitrogens is 5. The molecule has 0 aliphatic heterocycles. The Balaban J connectivity index is 1.46. The fourth-order valence-corrected chi connectivity index (χ4v) is 3.67. The van der Waals surface area contributed by atoms with Gasteiger partial charge in [0.2, 0.25) is 5.91 Å². The molecule has 0 saturated heterocycles.